The maximum Gasteiger partial charge on any atom is 0.127 e. The molecule has 2 atom stereocenters. The number of thioether (sulfide) groups is 1. The van der Waals surface area contributed by atoms with Gasteiger partial charge in [0.25, 0.3) is 0 Å². The lowest BCUT2D eigenvalue weighted by molar-refractivity contribution is 0.171. The molecule has 0 radical (unpaired) electrons. The number of hydrogen-bond donors (Lipinski definition) is 1. The SMILES string of the molecule is OC(Cc1c(F)cccc1Cl)C1Cc2ccccc2S1. The van der Waals surface area contributed by atoms with Crippen LogP contribution in [-0.4, -0.2) is 16.5 Å². The van der Waals surface area contributed by atoms with E-state index in [-0.39, 0.29) is 17.5 Å². The smallest absolute Gasteiger partial charge is 0.127 e. The number of fused-ring (bicyclic) bond motifs is 1. The summed E-state index contributed by atoms with van der Waals surface area (Å²) in [4.78, 5) is 1.20. The van der Waals surface area contributed by atoms with Crippen LogP contribution in [0.3, 0.4) is 0 Å². The average molecular weight is 309 g/mol. The molecule has 0 bridgehead atoms. The fraction of sp³-hybridized carbons (Fsp3) is 0.250. The standard InChI is InChI=1S/C16H14ClFOS/c17-12-5-3-6-13(18)11(12)9-14(19)16-8-10-4-1-2-7-15(10)20-16/h1-7,14,16,19H,8-9H2. The van der Waals surface area contributed by atoms with Gasteiger partial charge in [0, 0.05) is 27.2 Å². The summed E-state index contributed by atoms with van der Waals surface area (Å²) in [6.45, 7) is 0. The number of hydrogen-bond acceptors (Lipinski definition) is 2. The molecule has 104 valence electrons. The van der Waals surface area contributed by atoms with Crippen LogP contribution in [0.2, 0.25) is 5.02 Å². The van der Waals surface area contributed by atoms with Gasteiger partial charge in [0.15, 0.2) is 0 Å². The van der Waals surface area contributed by atoms with Crippen molar-refractivity contribution in [2.45, 2.75) is 29.1 Å². The Bertz CT molecular complexity index is 586. The van der Waals surface area contributed by atoms with Gasteiger partial charge in [-0.2, -0.15) is 0 Å². The van der Waals surface area contributed by atoms with Crippen molar-refractivity contribution in [3.8, 4) is 0 Å². The van der Waals surface area contributed by atoms with Crippen LogP contribution in [0.5, 0.6) is 0 Å². The monoisotopic (exact) mass is 308 g/mol. The summed E-state index contributed by atoms with van der Waals surface area (Å²) in [6, 6.07) is 12.7. The molecule has 2 aromatic carbocycles. The quantitative estimate of drug-likeness (QED) is 0.921. The Kier molecular flexibility index (Phi) is 4.01. The Morgan fingerprint density at radius 3 is 2.80 bits per heavy atom. The topological polar surface area (TPSA) is 20.2 Å². The zero-order chi connectivity index (χ0) is 14.1. The summed E-state index contributed by atoms with van der Waals surface area (Å²) >= 11 is 7.67. The van der Waals surface area contributed by atoms with Crippen molar-refractivity contribution in [2.24, 2.45) is 0 Å². The van der Waals surface area contributed by atoms with Gasteiger partial charge in [-0.25, -0.2) is 4.39 Å². The summed E-state index contributed by atoms with van der Waals surface area (Å²) in [5.41, 5.74) is 1.65. The molecule has 1 heterocycles. The molecule has 3 rings (SSSR count). The Morgan fingerprint density at radius 2 is 2.05 bits per heavy atom. The van der Waals surface area contributed by atoms with Crippen molar-refractivity contribution >= 4 is 23.4 Å². The molecule has 1 N–H and O–H groups in total. The predicted molar refractivity (Wildman–Crippen MR) is 80.9 cm³/mol. The van der Waals surface area contributed by atoms with Crippen LogP contribution in [0.4, 0.5) is 4.39 Å². The van der Waals surface area contributed by atoms with E-state index in [4.69, 9.17) is 11.6 Å². The summed E-state index contributed by atoms with van der Waals surface area (Å²) in [5, 5.41) is 10.8. The fourth-order valence-electron chi connectivity index (χ4n) is 2.49. The third kappa shape index (κ3) is 2.71. The molecule has 1 nitrogen and oxygen atoms in total. The van der Waals surface area contributed by atoms with Crippen LogP contribution in [0.25, 0.3) is 0 Å². The van der Waals surface area contributed by atoms with Gasteiger partial charge in [-0.3, -0.25) is 0 Å². The maximum atomic E-state index is 13.8. The van der Waals surface area contributed by atoms with Gasteiger partial charge in [0.2, 0.25) is 0 Å². The molecule has 20 heavy (non-hydrogen) atoms. The zero-order valence-electron chi connectivity index (χ0n) is 10.7. The molecule has 0 aliphatic carbocycles. The van der Waals surface area contributed by atoms with Gasteiger partial charge in [0.05, 0.1) is 6.10 Å². The highest BCUT2D eigenvalue weighted by Crippen LogP contribution is 2.39. The number of rotatable bonds is 3. The van der Waals surface area contributed by atoms with Crippen molar-refractivity contribution < 1.29 is 9.50 Å². The maximum absolute atomic E-state index is 13.8. The highest BCUT2D eigenvalue weighted by Gasteiger charge is 2.29. The van der Waals surface area contributed by atoms with E-state index in [2.05, 4.69) is 12.1 Å². The van der Waals surface area contributed by atoms with E-state index >= 15 is 0 Å². The van der Waals surface area contributed by atoms with Crippen molar-refractivity contribution in [1.29, 1.82) is 0 Å². The Morgan fingerprint density at radius 1 is 1.25 bits per heavy atom. The Balaban J connectivity index is 1.74. The first-order valence-electron chi connectivity index (χ1n) is 6.50. The molecular weight excluding hydrogens is 295 g/mol. The number of aliphatic hydroxyl groups is 1. The average Bonchev–Trinajstić information content (AvgIpc) is 2.87. The first-order chi connectivity index (χ1) is 9.65. The van der Waals surface area contributed by atoms with Crippen LogP contribution in [0.1, 0.15) is 11.1 Å². The van der Waals surface area contributed by atoms with Gasteiger partial charge in [-0.15, -0.1) is 11.8 Å². The molecule has 1 aliphatic heterocycles. The molecular formula is C16H14ClFOS. The van der Waals surface area contributed by atoms with Crippen LogP contribution in [0.15, 0.2) is 47.4 Å². The number of halogens is 2. The largest absolute Gasteiger partial charge is 0.392 e. The second-order valence-electron chi connectivity index (χ2n) is 4.94. The van der Waals surface area contributed by atoms with E-state index < -0.39 is 6.10 Å². The van der Waals surface area contributed by atoms with Gasteiger partial charge in [-0.1, -0.05) is 35.9 Å². The van der Waals surface area contributed by atoms with Crippen LogP contribution < -0.4 is 0 Å². The van der Waals surface area contributed by atoms with Crippen LogP contribution in [-0.2, 0) is 12.8 Å². The number of benzene rings is 2. The van der Waals surface area contributed by atoms with Crippen LogP contribution >= 0.6 is 23.4 Å². The predicted octanol–water partition coefficient (Wildman–Crippen LogP) is 4.10. The minimum Gasteiger partial charge on any atom is -0.392 e. The van der Waals surface area contributed by atoms with Gasteiger partial charge in [-0.05, 0) is 30.2 Å². The lowest BCUT2D eigenvalue weighted by Crippen LogP contribution is -2.25. The van der Waals surface area contributed by atoms with Crippen molar-refractivity contribution in [1.82, 2.24) is 0 Å². The second-order valence-corrected chi connectivity index (χ2v) is 6.63. The Hall–Kier alpha value is -1.03. The zero-order valence-corrected chi connectivity index (χ0v) is 12.3. The van der Waals surface area contributed by atoms with E-state index in [0.717, 1.165) is 6.42 Å². The van der Waals surface area contributed by atoms with Crippen LogP contribution in [0, 0.1) is 5.82 Å². The minimum absolute atomic E-state index is 0.0584. The summed E-state index contributed by atoms with van der Waals surface area (Å²) in [7, 11) is 0. The Labute approximate surface area is 126 Å². The molecule has 2 aromatic rings. The third-order valence-electron chi connectivity index (χ3n) is 3.58. The lowest BCUT2D eigenvalue weighted by Gasteiger charge is -2.18. The first kappa shape index (κ1) is 13.9. The lowest BCUT2D eigenvalue weighted by atomic mass is 10.0. The molecule has 0 amide bonds. The highest BCUT2D eigenvalue weighted by molar-refractivity contribution is 8.00. The summed E-state index contributed by atoms with van der Waals surface area (Å²) in [5.74, 6) is -0.350. The molecule has 0 spiro atoms. The normalized spacial score (nSPS) is 18.9. The molecule has 0 fully saturated rings. The molecule has 0 aromatic heterocycles. The molecule has 4 heteroatoms. The van der Waals surface area contributed by atoms with E-state index in [1.165, 1.54) is 16.5 Å². The number of aliphatic hydroxyl groups excluding tert-OH is 1. The summed E-state index contributed by atoms with van der Waals surface area (Å²) < 4.78 is 13.8. The molecule has 1 aliphatic rings. The van der Waals surface area contributed by atoms with Crippen molar-refractivity contribution in [3.63, 3.8) is 0 Å². The molecule has 0 saturated carbocycles. The fourth-order valence-corrected chi connectivity index (χ4v) is 4.03. The minimum atomic E-state index is -0.609. The van der Waals surface area contributed by atoms with E-state index in [9.17, 15) is 9.50 Å². The van der Waals surface area contributed by atoms with Gasteiger partial charge < -0.3 is 5.11 Å². The third-order valence-corrected chi connectivity index (χ3v) is 5.37. The van der Waals surface area contributed by atoms with Crippen molar-refractivity contribution in [3.05, 3.63) is 64.4 Å². The first-order valence-corrected chi connectivity index (χ1v) is 7.76. The molecule has 2 unspecified atom stereocenters. The van der Waals surface area contributed by atoms with Gasteiger partial charge in [0.1, 0.15) is 5.82 Å². The van der Waals surface area contributed by atoms with E-state index in [1.54, 1.807) is 23.9 Å². The van der Waals surface area contributed by atoms with E-state index in [0.29, 0.717) is 10.6 Å². The van der Waals surface area contributed by atoms with Crippen molar-refractivity contribution in [2.75, 3.05) is 0 Å². The van der Waals surface area contributed by atoms with Gasteiger partial charge >= 0.3 is 0 Å². The van der Waals surface area contributed by atoms with E-state index in [1.807, 2.05) is 12.1 Å². The summed E-state index contributed by atoms with van der Waals surface area (Å²) in [6.07, 6.45) is 0.451. The highest BCUT2D eigenvalue weighted by atomic mass is 35.5. The second kappa shape index (κ2) is 5.76. The molecule has 0 saturated heterocycles.